The lowest BCUT2D eigenvalue weighted by Gasteiger charge is -2.11. The van der Waals surface area contributed by atoms with Gasteiger partial charge >= 0.3 is 0 Å². The molecule has 0 amide bonds. The first-order valence-corrected chi connectivity index (χ1v) is 9.11. The summed E-state index contributed by atoms with van der Waals surface area (Å²) < 4.78 is 0. The molecule has 0 N–H and O–H groups in total. The summed E-state index contributed by atoms with van der Waals surface area (Å²) in [7, 11) is 0. The molecule has 3 aromatic carbocycles. The Morgan fingerprint density at radius 2 is 1.33 bits per heavy atom. The lowest BCUT2D eigenvalue weighted by Crippen LogP contribution is -2.00. The predicted octanol–water partition coefficient (Wildman–Crippen LogP) is 6.28. The molecule has 2 nitrogen and oxygen atoms in total. The first-order chi connectivity index (χ1) is 13.2. The van der Waals surface area contributed by atoms with Crippen LogP contribution in [0.4, 0.5) is 0 Å². The van der Waals surface area contributed by atoms with Gasteiger partial charge in [0.25, 0.3) is 0 Å². The van der Waals surface area contributed by atoms with E-state index in [1.807, 2.05) is 84.9 Å². The van der Waals surface area contributed by atoms with E-state index in [1.54, 1.807) is 0 Å². The van der Waals surface area contributed by atoms with Crippen LogP contribution in [0.3, 0.4) is 0 Å². The van der Waals surface area contributed by atoms with Gasteiger partial charge in [-0.1, -0.05) is 78.3 Å². The lowest BCUT2D eigenvalue weighted by molar-refractivity contribution is 0.104. The highest BCUT2D eigenvalue weighted by atomic mass is 35.5. The summed E-state index contributed by atoms with van der Waals surface area (Å²) in [4.78, 5) is 18.0. The second-order valence-electron chi connectivity index (χ2n) is 6.53. The molecule has 128 valence electrons. The van der Waals surface area contributed by atoms with Gasteiger partial charge in [0.05, 0.1) is 17.0 Å². The lowest BCUT2D eigenvalue weighted by atomic mass is 9.96. The summed E-state index contributed by atoms with van der Waals surface area (Å²) in [5.41, 5.74) is 6.75. The average molecular weight is 368 g/mol. The van der Waals surface area contributed by atoms with Gasteiger partial charge in [-0.25, -0.2) is 4.98 Å². The molecule has 0 unspecified atom stereocenters. The number of pyridine rings is 1. The van der Waals surface area contributed by atoms with E-state index in [0.717, 1.165) is 33.6 Å². The number of hydrogen-bond donors (Lipinski definition) is 0. The van der Waals surface area contributed by atoms with E-state index < -0.39 is 0 Å². The van der Waals surface area contributed by atoms with Crippen molar-refractivity contribution >= 4 is 17.4 Å². The molecular formula is C24H14ClNO. The molecule has 0 saturated heterocycles. The molecule has 1 aliphatic carbocycles. The van der Waals surface area contributed by atoms with Crippen molar-refractivity contribution in [3.8, 4) is 33.6 Å². The van der Waals surface area contributed by atoms with Crippen molar-refractivity contribution in [1.29, 1.82) is 0 Å². The third kappa shape index (κ3) is 2.57. The molecule has 5 rings (SSSR count). The topological polar surface area (TPSA) is 30.0 Å². The van der Waals surface area contributed by atoms with E-state index in [4.69, 9.17) is 16.6 Å². The number of carbonyl (C=O) groups excluding carboxylic acids is 1. The third-order valence-electron chi connectivity index (χ3n) is 4.90. The van der Waals surface area contributed by atoms with Gasteiger partial charge in [-0.05, 0) is 29.3 Å². The Labute approximate surface area is 162 Å². The van der Waals surface area contributed by atoms with Gasteiger partial charge in [0.2, 0.25) is 0 Å². The maximum Gasteiger partial charge on any atom is 0.196 e. The monoisotopic (exact) mass is 367 g/mol. The van der Waals surface area contributed by atoms with Gasteiger partial charge in [0.1, 0.15) is 0 Å². The van der Waals surface area contributed by atoms with Crippen LogP contribution in [0.5, 0.6) is 0 Å². The summed E-state index contributed by atoms with van der Waals surface area (Å²) >= 11 is 6.04. The number of nitrogens with zero attached hydrogens (tertiary/aromatic N) is 1. The zero-order valence-electron chi connectivity index (χ0n) is 14.3. The molecule has 27 heavy (non-hydrogen) atoms. The normalized spacial score (nSPS) is 12.0. The summed E-state index contributed by atoms with van der Waals surface area (Å²) in [6.07, 6.45) is 0. The fraction of sp³-hybridized carbons (Fsp3) is 0. The molecule has 1 heterocycles. The van der Waals surface area contributed by atoms with Crippen molar-refractivity contribution in [3.63, 3.8) is 0 Å². The zero-order valence-corrected chi connectivity index (χ0v) is 15.1. The molecule has 3 heteroatoms. The number of aromatic nitrogens is 1. The first-order valence-electron chi connectivity index (χ1n) is 8.73. The minimum atomic E-state index is 0.0367. The number of fused-ring (bicyclic) bond motifs is 3. The summed E-state index contributed by atoms with van der Waals surface area (Å²) in [5, 5.41) is 0.684. The molecule has 0 spiro atoms. The van der Waals surface area contributed by atoms with Crippen LogP contribution in [0.15, 0.2) is 84.9 Å². The second-order valence-corrected chi connectivity index (χ2v) is 6.96. The molecule has 1 aromatic heterocycles. The molecule has 0 atom stereocenters. The Balaban J connectivity index is 1.82. The smallest absolute Gasteiger partial charge is 0.196 e. The summed E-state index contributed by atoms with van der Waals surface area (Å²) in [6.45, 7) is 0. The van der Waals surface area contributed by atoms with Crippen LogP contribution in [0.1, 0.15) is 15.9 Å². The first kappa shape index (κ1) is 16.0. The van der Waals surface area contributed by atoms with E-state index in [2.05, 4.69) is 0 Å². The standard InChI is InChI=1S/C24H14ClNO/c25-17-12-10-16(11-13-17)21-14-20(15-6-2-1-3-7-15)22-23(26-21)18-8-4-5-9-19(18)24(22)27/h1-14H. The molecular weight excluding hydrogens is 354 g/mol. The number of carbonyl (C=O) groups is 1. The van der Waals surface area contributed by atoms with Gasteiger partial charge in [-0.3, -0.25) is 4.79 Å². The quantitative estimate of drug-likeness (QED) is 0.367. The van der Waals surface area contributed by atoms with Crippen LogP contribution in [0.2, 0.25) is 5.02 Å². The molecule has 4 aromatic rings. The summed E-state index contributed by atoms with van der Waals surface area (Å²) in [6, 6.07) is 27.3. The Morgan fingerprint density at radius 3 is 2.07 bits per heavy atom. The highest BCUT2D eigenvalue weighted by Gasteiger charge is 2.31. The van der Waals surface area contributed by atoms with Crippen molar-refractivity contribution in [2.45, 2.75) is 0 Å². The number of halogens is 1. The van der Waals surface area contributed by atoms with E-state index >= 15 is 0 Å². The van der Waals surface area contributed by atoms with Crippen LogP contribution in [-0.4, -0.2) is 10.8 Å². The van der Waals surface area contributed by atoms with E-state index in [1.165, 1.54) is 0 Å². The van der Waals surface area contributed by atoms with Crippen LogP contribution < -0.4 is 0 Å². The SMILES string of the molecule is O=C1c2ccccc2-c2nc(-c3ccc(Cl)cc3)cc(-c3ccccc3)c21. The van der Waals surface area contributed by atoms with E-state index in [9.17, 15) is 4.79 Å². The second kappa shape index (κ2) is 6.19. The molecule has 0 bridgehead atoms. The Hall–Kier alpha value is -3.23. The molecule has 0 radical (unpaired) electrons. The van der Waals surface area contributed by atoms with Crippen LogP contribution in [0.25, 0.3) is 33.6 Å². The number of hydrogen-bond acceptors (Lipinski definition) is 2. The molecule has 1 aliphatic rings. The van der Waals surface area contributed by atoms with Gasteiger partial charge < -0.3 is 0 Å². The fourth-order valence-corrected chi connectivity index (χ4v) is 3.73. The van der Waals surface area contributed by atoms with E-state index in [0.29, 0.717) is 16.1 Å². The Kier molecular flexibility index (Phi) is 3.66. The number of benzene rings is 3. The highest BCUT2D eigenvalue weighted by Crippen LogP contribution is 2.42. The van der Waals surface area contributed by atoms with Crippen molar-refractivity contribution < 1.29 is 4.79 Å². The van der Waals surface area contributed by atoms with Crippen LogP contribution in [0, 0.1) is 0 Å². The Morgan fingerprint density at radius 1 is 0.667 bits per heavy atom. The van der Waals surface area contributed by atoms with Gasteiger partial charge in [-0.15, -0.1) is 0 Å². The van der Waals surface area contributed by atoms with Crippen LogP contribution in [-0.2, 0) is 0 Å². The number of ketones is 1. The third-order valence-corrected chi connectivity index (χ3v) is 5.15. The fourth-order valence-electron chi connectivity index (χ4n) is 3.61. The zero-order chi connectivity index (χ0) is 18.4. The number of rotatable bonds is 2. The Bertz CT molecular complexity index is 1180. The van der Waals surface area contributed by atoms with Crippen molar-refractivity contribution in [2.75, 3.05) is 0 Å². The van der Waals surface area contributed by atoms with Gasteiger partial charge in [0, 0.05) is 21.7 Å². The van der Waals surface area contributed by atoms with Crippen molar-refractivity contribution in [1.82, 2.24) is 4.98 Å². The molecule has 0 saturated carbocycles. The van der Waals surface area contributed by atoms with Crippen molar-refractivity contribution in [2.24, 2.45) is 0 Å². The predicted molar refractivity (Wildman–Crippen MR) is 109 cm³/mol. The largest absolute Gasteiger partial charge is 0.288 e. The van der Waals surface area contributed by atoms with Crippen LogP contribution >= 0.6 is 11.6 Å². The summed E-state index contributed by atoms with van der Waals surface area (Å²) in [5.74, 6) is 0.0367. The average Bonchev–Trinajstić information content (AvgIpc) is 3.01. The van der Waals surface area contributed by atoms with Gasteiger partial charge in [0.15, 0.2) is 5.78 Å². The maximum absolute atomic E-state index is 13.1. The molecule has 0 aliphatic heterocycles. The molecule has 0 fully saturated rings. The van der Waals surface area contributed by atoms with E-state index in [-0.39, 0.29) is 5.78 Å². The maximum atomic E-state index is 13.1. The van der Waals surface area contributed by atoms with Crippen molar-refractivity contribution in [3.05, 3.63) is 101 Å². The minimum Gasteiger partial charge on any atom is -0.288 e. The highest BCUT2D eigenvalue weighted by molar-refractivity contribution is 6.30. The minimum absolute atomic E-state index is 0.0367. The van der Waals surface area contributed by atoms with Gasteiger partial charge in [-0.2, -0.15) is 0 Å².